The highest BCUT2D eigenvalue weighted by molar-refractivity contribution is 5.96. The number of unbranched alkanes of at least 4 members (excludes halogenated alkanes) is 1. The van der Waals surface area contributed by atoms with Crippen molar-refractivity contribution in [1.29, 1.82) is 0 Å². The smallest absolute Gasteiger partial charge is 0.326 e. The number of carboxylic acids is 1. The van der Waals surface area contributed by atoms with Gasteiger partial charge in [0, 0.05) is 19.5 Å². The maximum atomic E-state index is 13.6. The summed E-state index contributed by atoms with van der Waals surface area (Å²) >= 11 is 0. The molecule has 0 aromatic rings. The molecule has 2 rings (SSSR count). The molecule has 25 nitrogen and oxygen atoms in total. The Bertz CT molecular complexity index is 1750. The molecule has 386 valence electrons. The van der Waals surface area contributed by atoms with Gasteiger partial charge in [-0.15, -0.1) is 0 Å². The predicted octanol–water partition coefficient (Wildman–Crippen LogP) is -4.76. The zero-order valence-electron chi connectivity index (χ0n) is 40.1. The SMILES string of the molecule is CC(C)C[C@H](NC(=O)[C@H](CCC(N)=O)NC(=O)[C@H](C)NC(=O)[C@@H]1C[C@@H](O)CN1)C(=O)NCC(=O)N[C@@H](CC(C)C)C(O)N[C@@H](C)C(=O)NCC(=O)N1CCC[C@H]1C(=O)N[C@@H](CCCCN)C(=O)O. The van der Waals surface area contributed by atoms with Gasteiger partial charge in [-0.25, -0.2) is 4.79 Å². The van der Waals surface area contributed by atoms with Gasteiger partial charge >= 0.3 is 5.97 Å². The molecular formula is C43H76N12O13. The second kappa shape index (κ2) is 29.4. The third kappa shape index (κ3) is 20.8. The van der Waals surface area contributed by atoms with Crippen LogP contribution in [0.1, 0.15) is 106 Å². The van der Waals surface area contributed by atoms with E-state index >= 15 is 0 Å². The highest BCUT2D eigenvalue weighted by Gasteiger charge is 2.37. The van der Waals surface area contributed by atoms with Crippen LogP contribution >= 0.6 is 0 Å². The number of nitrogens with two attached hydrogens (primary N) is 2. The summed E-state index contributed by atoms with van der Waals surface area (Å²) in [4.78, 5) is 130. The minimum absolute atomic E-state index is 0.0679. The molecule has 2 aliphatic heterocycles. The first kappa shape index (κ1) is 58.6. The van der Waals surface area contributed by atoms with Crippen LogP contribution in [0.15, 0.2) is 0 Å². The number of aliphatic hydroxyl groups excluding tert-OH is 2. The van der Waals surface area contributed by atoms with E-state index in [2.05, 4.69) is 47.9 Å². The molecule has 2 aliphatic rings. The van der Waals surface area contributed by atoms with Gasteiger partial charge < -0.3 is 74.2 Å². The van der Waals surface area contributed by atoms with E-state index in [0.717, 1.165) is 0 Å². The van der Waals surface area contributed by atoms with Crippen molar-refractivity contribution < 1.29 is 63.3 Å². The molecule has 0 spiro atoms. The average molecular weight is 969 g/mol. The van der Waals surface area contributed by atoms with Gasteiger partial charge in [0.15, 0.2) is 0 Å². The van der Waals surface area contributed by atoms with Crippen molar-refractivity contribution in [2.24, 2.45) is 23.3 Å². The lowest BCUT2D eigenvalue weighted by Crippen LogP contribution is -2.58. The molecule has 2 saturated heterocycles. The Morgan fingerprint density at radius 1 is 0.721 bits per heavy atom. The molecule has 0 aromatic heterocycles. The van der Waals surface area contributed by atoms with Crippen molar-refractivity contribution in [2.45, 2.75) is 166 Å². The molecule has 0 aromatic carbocycles. The van der Waals surface area contributed by atoms with Gasteiger partial charge in [-0.05, 0) is 90.0 Å². The third-order valence-corrected chi connectivity index (χ3v) is 11.4. The van der Waals surface area contributed by atoms with Crippen molar-refractivity contribution >= 4 is 59.1 Å². The standard InChI is InChI=1S/C43H76N12O13/c1-22(2)16-30(54-39(63)27(12-13-33(45)57)52-37(61)25(6)50-40(64)29-18-26(56)19-46-29)38(62)47-20-34(58)51-31(17-23(3)4)41(65)49-24(5)36(60)48-21-35(59)55-15-9-11-32(55)42(66)53-28(43(67)68)10-7-8-14-44/h22-32,41,46,49,56,65H,7-21,44H2,1-6H3,(H2,45,57)(H,47,62)(H,48,60)(H,50,64)(H,51,58)(H,52,61)(H,53,66)(H,54,63)(H,67,68)/t24-,25-,26+,27-,28-,29-,30-,31-,32-,41?/m0/s1. The number of carbonyl (C=O) groups is 10. The zero-order valence-corrected chi connectivity index (χ0v) is 40.1. The number of aliphatic hydroxyl groups is 2. The lowest BCUT2D eigenvalue weighted by atomic mass is 10.0. The van der Waals surface area contributed by atoms with E-state index in [0.29, 0.717) is 32.2 Å². The summed E-state index contributed by atoms with van der Waals surface area (Å²) in [6.07, 6.45) is -0.207. The molecule has 1 unspecified atom stereocenters. The molecule has 68 heavy (non-hydrogen) atoms. The summed E-state index contributed by atoms with van der Waals surface area (Å²) < 4.78 is 0. The largest absolute Gasteiger partial charge is 0.480 e. The number of aliphatic carboxylic acids is 1. The molecule has 0 aliphatic carbocycles. The average Bonchev–Trinajstić information content (AvgIpc) is 3.94. The van der Waals surface area contributed by atoms with Crippen molar-refractivity contribution in [1.82, 2.24) is 52.8 Å². The van der Waals surface area contributed by atoms with Crippen molar-refractivity contribution in [2.75, 3.05) is 32.7 Å². The molecule has 9 amide bonds. The Morgan fingerprint density at radius 2 is 1.37 bits per heavy atom. The Kier molecular flexibility index (Phi) is 25.3. The van der Waals surface area contributed by atoms with Crippen LogP contribution in [0.25, 0.3) is 0 Å². The second-order valence-corrected chi connectivity index (χ2v) is 18.3. The molecule has 0 saturated carbocycles. The van der Waals surface area contributed by atoms with Crippen molar-refractivity contribution in [3.8, 4) is 0 Å². The predicted molar refractivity (Wildman–Crippen MR) is 245 cm³/mol. The summed E-state index contributed by atoms with van der Waals surface area (Å²) in [5.41, 5.74) is 10.8. The van der Waals surface area contributed by atoms with Gasteiger partial charge in [0.25, 0.3) is 0 Å². The summed E-state index contributed by atoms with van der Waals surface area (Å²) in [5, 5.41) is 53.7. The first-order valence-corrected chi connectivity index (χ1v) is 23.4. The molecular weight excluding hydrogens is 893 g/mol. The van der Waals surface area contributed by atoms with Gasteiger partial charge in [-0.1, -0.05) is 27.7 Å². The monoisotopic (exact) mass is 969 g/mol. The number of nitrogens with zero attached hydrogens (tertiary/aromatic N) is 1. The van der Waals surface area contributed by atoms with E-state index in [4.69, 9.17) is 11.5 Å². The van der Waals surface area contributed by atoms with Gasteiger partial charge in [-0.2, -0.15) is 0 Å². The van der Waals surface area contributed by atoms with Crippen LogP contribution in [0.4, 0.5) is 0 Å². The summed E-state index contributed by atoms with van der Waals surface area (Å²) in [6.45, 7) is 9.79. The number of nitrogens with one attached hydrogen (secondary N) is 9. The maximum Gasteiger partial charge on any atom is 0.326 e. The van der Waals surface area contributed by atoms with Crippen LogP contribution in [0.5, 0.6) is 0 Å². The Balaban J connectivity index is 2.00. The number of rotatable bonds is 30. The van der Waals surface area contributed by atoms with Crippen molar-refractivity contribution in [3.05, 3.63) is 0 Å². The molecule has 16 N–H and O–H groups in total. The topological polar surface area (TPSA) is 395 Å². The molecule has 10 atom stereocenters. The lowest BCUT2D eigenvalue weighted by Gasteiger charge is -2.29. The van der Waals surface area contributed by atoms with Crippen LogP contribution in [-0.2, 0) is 47.9 Å². The first-order valence-electron chi connectivity index (χ1n) is 23.4. The fourth-order valence-corrected chi connectivity index (χ4v) is 7.67. The number of hydrogen-bond acceptors (Lipinski definition) is 15. The third-order valence-electron chi connectivity index (χ3n) is 11.4. The fourth-order valence-electron chi connectivity index (χ4n) is 7.67. The van der Waals surface area contributed by atoms with E-state index in [9.17, 15) is 63.3 Å². The Morgan fingerprint density at radius 3 is 1.96 bits per heavy atom. The normalized spacial score (nSPS) is 19.9. The molecule has 0 radical (unpaired) electrons. The van der Waals surface area contributed by atoms with Crippen LogP contribution in [0.2, 0.25) is 0 Å². The number of carboxylic acid groups (broad SMARTS) is 1. The van der Waals surface area contributed by atoms with Crippen LogP contribution in [-0.4, -0.2) is 173 Å². The number of amides is 9. The lowest BCUT2D eigenvalue weighted by molar-refractivity contribution is -0.144. The summed E-state index contributed by atoms with van der Waals surface area (Å²) in [5.74, 6) is -7.64. The molecule has 2 heterocycles. The molecule has 2 fully saturated rings. The molecule has 25 heteroatoms. The van der Waals surface area contributed by atoms with Gasteiger partial charge in [0.1, 0.15) is 36.4 Å². The number of hydrogen-bond donors (Lipinski definition) is 14. The second-order valence-electron chi connectivity index (χ2n) is 18.3. The minimum atomic E-state index is -1.49. The van der Waals surface area contributed by atoms with E-state index in [1.54, 1.807) is 13.8 Å². The highest BCUT2D eigenvalue weighted by atomic mass is 16.4. The Hall–Kier alpha value is -5.50. The number of carbonyl (C=O) groups excluding carboxylic acids is 9. The Labute approximate surface area is 396 Å². The molecule has 0 bridgehead atoms. The van der Waals surface area contributed by atoms with Crippen LogP contribution in [0, 0.1) is 11.8 Å². The summed E-state index contributed by atoms with van der Waals surface area (Å²) in [7, 11) is 0. The zero-order chi connectivity index (χ0) is 51.2. The first-order chi connectivity index (χ1) is 31.9. The van der Waals surface area contributed by atoms with E-state index < -0.39 is 133 Å². The van der Waals surface area contributed by atoms with Crippen LogP contribution in [0.3, 0.4) is 0 Å². The number of β-amino-alcohol motifs (C(OH)–C–C–N with tert-alkyl or cyclic N) is 1. The number of primary amides is 1. The van der Waals surface area contributed by atoms with Gasteiger partial charge in [0.2, 0.25) is 53.2 Å². The fraction of sp³-hybridized carbons (Fsp3) is 0.767. The maximum absolute atomic E-state index is 13.6. The van der Waals surface area contributed by atoms with E-state index in [-0.39, 0.29) is 63.5 Å². The minimum Gasteiger partial charge on any atom is -0.480 e. The number of likely N-dealkylation sites (tertiary alicyclic amines) is 1. The van der Waals surface area contributed by atoms with E-state index in [1.165, 1.54) is 18.7 Å². The van der Waals surface area contributed by atoms with Gasteiger partial charge in [-0.3, -0.25) is 48.5 Å². The highest BCUT2D eigenvalue weighted by Crippen LogP contribution is 2.18. The van der Waals surface area contributed by atoms with Crippen LogP contribution < -0.4 is 59.3 Å². The quantitative estimate of drug-likeness (QED) is 0.0237. The van der Waals surface area contributed by atoms with E-state index in [1.807, 2.05) is 13.8 Å². The summed E-state index contributed by atoms with van der Waals surface area (Å²) in [6, 6.07) is -8.53. The van der Waals surface area contributed by atoms with Gasteiger partial charge in [0.05, 0.1) is 37.3 Å². The van der Waals surface area contributed by atoms with Crippen molar-refractivity contribution in [3.63, 3.8) is 0 Å².